The van der Waals surface area contributed by atoms with E-state index in [-0.39, 0.29) is 91.8 Å². The Hall–Kier alpha value is 2.99. The fourth-order valence-corrected chi connectivity index (χ4v) is 0. The molecule has 0 amide bonds. The van der Waals surface area contributed by atoms with Crippen molar-refractivity contribution in [3.63, 3.8) is 0 Å². The Morgan fingerprint density at radius 1 is 0.875 bits per heavy atom. The van der Waals surface area contributed by atoms with E-state index in [2.05, 4.69) is 0 Å². The van der Waals surface area contributed by atoms with E-state index in [0.717, 1.165) is 0 Å². The Labute approximate surface area is 117 Å². The van der Waals surface area contributed by atoms with E-state index in [1.165, 1.54) is 0 Å². The summed E-state index contributed by atoms with van der Waals surface area (Å²) in [4.78, 5) is 34.3. The molecule has 0 saturated heterocycles. The number of hydrogen-bond acceptors (Lipinski definition) is 4. The van der Waals surface area contributed by atoms with E-state index in [1.54, 1.807) is 0 Å². The number of hydrogen-bond donors (Lipinski definition) is 0. The molecule has 0 radical (unpaired) electrons. The van der Waals surface area contributed by atoms with Gasteiger partial charge in [0.15, 0.2) is 0 Å². The fourth-order valence-electron chi connectivity index (χ4n) is 0. The first-order chi connectivity index (χ1) is 2.00. The van der Waals surface area contributed by atoms with Crippen molar-refractivity contribution >= 4 is 49.5 Å². The van der Waals surface area contributed by atoms with E-state index >= 15 is 0 Å². The molecule has 4 nitrogen and oxygen atoms in total. The van der Waals surface area contributed by atoms with Gasteiger partial charge in [0, 0.05) is 0 Å². The molecule has 0 heterocycles. The van der Waals surface area contributed by atoms with Gasteiger partial charge < -0.3 is 28.2 Å². The predicted molar refractivity (Wildman–Crippen MR) is 17.3 cm³/mol. The molecule has 0 aliphatic carbocycles. The first kappa shape index (κ1) is 22.4. The van der Waals surface area contributed by atoms with Crippen LogP contribution in [0.15, 0.2) is 0 Å². The molecule has 0 bridgehead atoms. The van der Waals surface area contributed by atoms with Crippen LogP contribution in [0.5, 0.6) is 0 Å². The smallest absolute Gasteiger partial charge is 0.894 e. The second kappa shape index (κ2) is 9.99. The van der Waals surface area contributed by atoms with Crippen molar-refractivity contribution in [1.29, 1.82) is 0 Å². The van der Waals surface area contributed by atoms with Crippen LogP contribution in [-0.4, -0.2) is 49.5 Å². The van der Waals surface area contributed by atoms with Crippen molar-refractivity contribution in [3.05, 3.63) is 0 Å². The largest absolute Gasteiger partial charge is 3.00 e. The molecule has 0 aliphatic rings. The van der Waals surface area contributed by atoms with Crippen LogP contribution in [0, 0.1) is 0 Å². The van der Waals surface area contributed by atoms with Crippen molar-refractivity contribution in [3.8, 4) is 0 Å². The van der Waals surface area contributed by atoms with Crippen LogP contribution < -0.4 is 70.6 Å². The molecule has 0 spiro atoms. The van der Waals surface area contributed by atoms with Gasteiger partial charge in [-0.2, -0.15) is 0 Å². The van der Waals surface area contributed by atoms with Gasteiger partial charge in [-0.05, 0) is 0 Å². The van der Waals surface area contributed by atoms with E-state index in [9.17, 15) is 0 Å². The van der Waals surface area contributed by atoms with Gasteiger partial charge >= 0.3 is 91.8 Å². The van der Waals surface area contributed by atoms with Crippen molar-refractivity contribution in [1.82, 2.24) is 0 Å². The van der Waals surface area contributed by atoms with Crippen molar-refractivity contribution in [2.45, 2.75) is 0 Å². The molecule has 0 N–H and O–H groups in total. The topological polar surface area (TPSA) is 92.2 Å². The zero-order chi connectivity index (χ0) is 4.50. The average Bonchev–Trinajstić information content (AvgIpc) is 0.722. The molecule has 8 heteroatoms. The maximum atomic E-state index is 8.58. The van der Waals surface area contributed by atoms with Crippen LogP contribution in [0.25, 0.3) is 0 Å². The standard InChI is InChI=1S/Al.K.Mg.O4Si/c;;;1-5(2,3)4/q+3;+1;+2;-4. The van der Waals surface area contributed by atoms with Crippen LogP contribution in [0.1, 0.15) is 0 Å². The third-order valence-electron chi connectivity index (χ3n) is 0. The third-order valence-corrected chi connectivity index (χ3v) is 0. The monoisotopic (exact) mass is 182 g/mol. The van der Waals surface area contributed by atoms with Crippen LogP contribution in [-0.2, 0) is 0 Å². The van der Waals surface area contributed by atoms with Gasteiger partial charge in [0.1, 0.15) is 0 Å². The van der Waals surface area contributed by atoms with Gasteiger partial charge in [-0.3, -0.25) is 0 Å². The molecule has 0 saturated carbocycles. The minimum absolute atomic E-state index is 0. The first-order valence-corrected chi connectivity index (χ1v) is 2.45. The molecule has 0 fully saturated rings. The maximum Gasteiger partial charge on any atom is 3.00 e. The fraction of sp³-hybridized carbons (Fsp3) is 0. The second-order valence-electron chi connectivity index (χ2n) is 0.500. The summed E-state index contributed by atoms with van der Waals surface area (Å²) in [6.07, 6.45) is 0. The average molecular weight is 182 g/mol. The second-order valence-corrected chi connectivity index (χ2v) is 1.50. The molecule has 0 aliphatic heterocycles. The molecule has 0 rings (SSSR count). The Bertz CT molecular complexity index is 31.5. The van der Waals surface area contributed by atoms with E-state index in [4.69, 9.17) is 19.2 Å². The Morgan fingerprint density at radius 2 is 0.875 bits per heavy atom. The van der Waals surface area contributed by atoms with Crippen molar-refractivity contribution in [2.24, 2.45) is 0 Å². The molecule has 0 unspecified atom stereocenters. The summed E-state index contributed by atoms with van der Waals surface area (Å²) >= 11 is 0. The van der Waals surface area contributed by atoms with Crippen molar-refractivity contribution in [2.75, 3.05) is 0 Å². The predicted octanol–water partition coefficient (Wildman–Crippen LogP) is -8.89. The van der Waals surface area contributed by atoms with Gasteiger partial charge in [0.25, 0.3) is 0 Å². The summed E-state index contributed by atoms with van der Waals surface area (Å²) in [7, 11) is -5.61. The van der Waals surface area contributed by atoms with Crippen LogP contribution in [0.4, 0.5) is 0 Å². The normalized spacial score (nSPS) is 7.50. The molecule has 0 atom stereocenters. The quantitative estimate of drug-likeness (QED) is 0.348. The van der Waals surface area contributed by atoms with Crippen molar-refractivity contribution < 1.29 is 70.6 Å². The first-order valence-electron chi connectivity index (χ1n) is 0.816. The third kappa shape index (κ3) is 64.2. The van der Waals surface area contributed by atoms with Crippen LogP contribution in [0.2, 0.25) is 0 Å². The molecule has 8 heavy (non-hydrogen) atoms. The van der Waals surface area contributed by atoms with Gasteiger partial charge in [-0.15, -0.1) is 0 Å². The number of rotatable bonds is 0. The molecular formula is AlKMgO4Si+2. The van der Waals surface area contributed by atoms with Crippen LogP contribution >= 0.6 is 0 Å². The summed E-state index contributed by atoms with van der Waals surface area (Å²) in [5.74, 6) is 0. The van der Waals surface area contributed by atoms with Gasteiger partial charge in [-0.1, -0.05) is 0 Å². The molecule has 32 valence electrons. The maximum absolute atomic E-state index is 8.58. The zero-order valence-electron chi connectivity index (χ0n) is 4.42. The minimum Gasteiger partial charge on any atom is -0.894 e. The van der Waals surface area contributed by atoms with Gasteiger partial charge in [0.2, 0.25) is 0 Å². The molecular weight excluding hydrogens is 182 g/mol. The minimum atomic E-state index is -5.61. The SMILES string of the molecule is [Al+3].[K+].[Mg+2].[O-][Si]([O-])([O-])[O-]. The Balaban J connectivity index is -0.0000000267. The van der Waals surface area contributed by atoms with E-state index in [1.807, 2.05) is 0 Å². The Morgan fingerprint density at radius 3 is 0.875 bits per heavy atom. The summed E-state index contributed by atoms with van der Waals surface area (Å²) in [6, 6.07) is 0. The zero-order valence-corrected chi connectivity index (χ0v) is 11.1. The summed E-state index contributed by atoms with van der Waals surface area (Å²) in [6.45, 7) is 0. The molecule has 0 aromatic rings. The summed E-state index contributed by atoms with van der Waals surface area (Å²) < 4.78 is 0. The van der Waals surface area contributed by atoms with Gasteiger partial charge in [-0.25, -0.2) is 0 Å². The Kier molecular flexibility index (Phi) is 28.0. The van der Waals surface area contributed by atoms with E-state index < -0.39 is 9.05 Å². The molecule has 0 aromatic carbocycles. The van der Waals surface area contributed by atoms with E-state index in [0.29, 0.717) is 0 Å². The van der Waals surface area contributed by atoms with Crippen LogP contribution in [0.3, 0.4) is 0 Å². The summed E-state index contributed by atoms with van der Waals surface area (Å²) in [5, 5.41) is 0. The molecule has 0 aromatic heterocycles. The summed E-state index contributed by atoms with van der Waals surface area (Å²) in [5.41, 5.74) is 0. The van der Waals surface area contributed by atoms with Gasteiger partial charge in [0.05, 0.1) is 0 Å².